The molecule has 0 bridgehead atoms. The van der Waals surface area contributed by atoms with Gasteiger partial charge in [0.2, 0.25) is 0 Å². The van der Waals surface area contributed by atoms with Crippen LogP contribution in [0.3, 0.4) is 0 Å². The van der Waals surface area contributed by atoms with E-state index in [0.29, 0.717) is 0 Å². The van der Waals surface area contributed by atoms with Crippen molar-refractivity contribution < 1.29 is 0 Å². The predicted molar refractivity (Wildman–Crippen MR) is 35.6 cm³/mol. The molecule has 0 atom stereocenters. The molecule has 0 aromatic rings. The van der Waals surface area contributed by atoms with Crippen LogP contribution < -0.4 is 0 Å². The van der Waals surface area contributed by atoms with Crippen LogP contribution in [0.15, 0.2) is 24.3 Å². The fourth-order valence-corrected chi connectivity index (χ4v) is 1.23. The molecule has 38 valence electrons. The molecule has 0 radical (unpaired) electrons. The van der Waals surface area contributed by atoms with Gasteiger partial charge in [-0.1, -0.05) is 18.7 Å². The highest BCUT2D eigenvalue weighted by molar-refractivity contribution is 7.99. The van der Waals surface area contributed by atoms with Gasteiger partial charge in [-0.25, -0.2) is 0 Å². The van der Waals surface area contributed by atoms with Gasteiger partial charge in [0.25, 0.3) is 0 Å². The lowest BCUT2D eigenvalue weighted by atomic mass is 10.3. The Morgan fingerprint density at radius 1 is 1.71 bits per heavy atom. The molecule has 1 rings (SSSR count). The number of allylic oxidation sites excluding steroid dienone is 1. The van der Waals surface area contributed by atoms with Gasteiger partial charge in [-0.05, 0) is 5.57 Å². The molecule has 0 saturated heterocycles. The van der Waals surface area contributed by atoms with Gasteiger partial charge < -0.3 is 0 Å². The van der Waals surface area contributed by atoms with E-state index in [1.54, 1.807) is 0 Å². The molecule has 1 heteroatoms. The zero-order chi connectivity index (χ0) is 5.11. The average molecular weight is 112 g/mol. The summed E-state index contributed by atoms with van der Waals surface area (Å²) in [6.45, 7) is 3.81. The van der Waals surface area contributed by atoms with Gasteiger partial charge >= 0.3 is 0 Å². The highest BCUT2D eigenvalue weighted by Gasteiger charge is 1.92. The van der Waals surface area contributed by atoms with Crippen molar-refractivity contribution in [1.29, 1.82) is 0 Å². The van der Waals surface area contributed by atoms with E-state index in [1.165, 1.54) is 11.3 Å². The molecule has 0 nitrogen and oxygen atoms in total. The summed E-state index contributed by atoms with van der Waals surface area (Å²) in [4.78, 5) is 0. The van der Waals surface area contributed by atoms with Crippen LogP contribution in [-0.2, 0) is 0 Å². The van der Waals surface area contributed by atoms with E-state index < -0.39 is 0 Å². The second-order valence-corrected chi connectivity index (χ2v) is 2.61. The zero-order valence-electron chi connectivity index (χ0n) is 4.18. The third-order valence-electron chi connectivity index (χ3n) is 0.855. The van der Waals surface area contributed by atoms with Crippen molar-refractivity contribution in [3.8, 4) is 0 Å². The Labute approximate surface area is 48.3 Å². The van der Waals surface area contributed by atoms with Crippen molar-refractivity contribution in [2.24, 2.45) is 0 Å². The second-order valence-electron chi connectivity index (χ2n) is 1.58. The number of thioether (sulfide) groups is 1. The van der Waals surface area contributed by atoms with Crippen molar-refractivity contribution in [1.82, 2.24) is 0 Å². The van der Waals surface area contributed by atoms with E-state index >= 15 is 0 Å². The van der Waals surface area contributed by atoms with Crippen molar-refractivity contribution in [2.45, 2.75) is 0 Å². The van der Waals surface area contributed by atoms with Gasteiger partial charge in [-0.2, -0.15) is 11.8 Å². The molecule has 0 aliphatic carbocycles. The molecule has 0 spiro atoms. The summed E-state index contributed by atoms with van der Waals surface area (Å²) < 4.78 is 0. The van der Waals surface area contributed by atoms with E-state index in [-0.39, 0.29) is 0 Å². The monoisotopic (exact) mass is 112 g/mol. The zero-order valence-corrected chi connectivity index (χ0v) is 5.00. The fourth-order valence-electron chi connectivity index (χ4n) is 0.521. The molecule has 1 heterocycles. The highest BCUT2D eigenvalue weighted by Crippen LogP contribution is 2.12. The summed E-state index contributed by atoms with van der Waals surface area (Å²) >= 11 is 1.92. The largest absolute Gasteiger partial charge is 0.153 e. The summed E-state index contributed by atoms with van der Waals surface area (Å²) in [5, 5.41) is 0. The smallest absolute Gasteiger partial charge is 0.0181 e. The second kappa shape index (κ2) is 2.22. The summed E-state index contributed by atoms with van der Waals surface area (Å²) in [6, 6.07) is 0. The van der Waals surface area contributed by atoms with E-state index in [0.717, 1.165) is 5.75 Å². The maximum absolute atomic E-state index is 3.81. The van der Waals surface area contributed by atoms with Gasteiger partial charge in [-0.3, -0.25) is 0 Å². The lowest BCUT2D eigenvalue weighted by molar-refractivity contribution is 1.51. The third kappa shape index (κ3) is 1.39. The molecule has 0 amide bonds. The molecule has 0 N–H and O–H groups in total. The molecular formula is C6H8S. The maximum atomic E-state index is 3.81. The summed E-state index contributed by atoms with van der Waals surface area (Å²) in [5.41, 5.74) is 1.25. The minimum absolute atomic E-state index is 1.12. The predicted octanol–water partition coefficient (Wildman–Crippen LogP) is 1.85. The lowest BCUT2D eigenvalue weighted by Gasteiger charge is -2.02. The van der Waals surface area contributed by atoms with E-state index in [1.807, 2.05) is 11.8 Å². The molecule has 0 saturated carbocycles. The molecular weight excluding hydrogens is 104 g/mol. The summed E-state index contributed by atoms with van der Waals surface area (Å²) in [5.74, 6) is 2.29. The van der Waals surface area contributed by atoms with E-state index in [2.05, 4.69) is 18.7 Å². The van der Waals surface area contributed by atoms with Gasteiger partial charge in [0.05, 0.1) is 0 Å². The van der Waals surface area contributed by atoms with Crippen molar-refractivity contribution in [3.63, 3.8) is 0 Å². The van der Waals surface area contributed by atoms with Crippen LogP contribution in [0.2, 0.25) is 0 Å². The molecule has 1 aliphatic heterocycles. The first kappa shape index (κ1) is 4.98. The van der Waals surface area contributed by atoms with Gasteiger partial charge in [0.15, 0.2) is 0 Å². The topological polar surface area (TPSA) is 0 Å². The highest BCUT2D eigenvalue weighted by atomic mass is 32.2. The Kier molecular flexibility index (Phi) is 1.58. The SMILES string of the molecule is C=C1C=CCSC1. The quantitative estimate of drug-likeness (QED) is 0.461. The third-order valence-corrected chi connectivity index (χ3v) is 1.86. The Hall–Kier alpha value is -0.170. The average Bonchev–Trinajstić information content (AvgIpc) is 1.69. The summed E-state index contributed by atoms with van der Waals surface area (Å²) in [7, 11) is 0. The minimum atomic E-state index is 1.12. The Morgan fingerprint density at radius 3 is 2.86 bits per heavy atom. The summed E-state index contributed by atoms with van der Waals surface area (Å²) in [6.07, 6.45) is 4.24. The molecule has 7 heavy (non-hydrogen) atoms. The Morgan fingerprint density at radius 2 is 2.57 bits per heavy atom. The van der Waals surface area contributed by atoms with Crippen LogP contribution in [0.25, 0.3) is 0 Å². The van der Waals surface area contributed by atoms with Crippen LogP contribution in [-0.4, -0.2) is 11.5 Å². The fraction of sp³-hybridized carbons (Fsp3) is 0.333. The van der Waals surface area contributed by atoms with E-state index in [9.17, 15) is 0 Å². The standard InChI is InChI=1S/C6H8S/c1-6-3-2-4-7-5-6/h2-3H,1,4-5H2. The van der Waals surface area contributed by atoms with Gasteiger partial charge in [0, 0.05) is 11.5 Å². The number of rotatable bonds is 0. The van der Waals surface area contributed by atoms with Crippen LogP contribution >= 0.6 is 11.8 Å². The van der Waals surface area contributed by atoms with Crippen LogP contribution in [0.4, 0.5) is 0 Å². The molecule has 0 aromatic carbocycles. The van der Waals surface area contributed by atoms with Gasteiger partial charge in [-0.15, -0.1) is 0 Å². The number of hydrogen-bond acceptors (Lipinski definition) is 1. The van der Waals surface area contributed by atoms with Crippen LogP contribution in [0, 0.1) is 0 Å². The van der Waals surface area contributed by atoms with Crippen LogP contribution in [0.5, 0.6) is 0 Å². The van der Waals surface area contributed by atoms with Crippen molar-refractivity contribution >= 4 is 11.8 Å². The maximum Gasteiger partial charge on any atom is 0.0181 e. The first-order chi connectivity index (χ1) is 3.39. The van der Waals surface area contributed by atoms with Crippen molar-refractivity contribution in [2.75, 3.05) is 11.5 Å². The van der Waals surface area contributed by atoms with Gasteiger partial charge in [0.1, 0.15) is 0 Å². The lowest BCUT2D eigenvalue weighted by Crippen LogP contribution is -1.87. The molecule has 0 aromatic heterocycles. The molecule has 0 fully saturated rings. The molecule has 1 aliphatic rings. The first-order valence-corrected chi connectivity index (χ1v) is 3.47. The Balaban J connectivity index is 2.51. The van der Waals surface area contributed by atoms with Crippen LogP contribution in [0.1, 0.15) is 0 Å². The minimum Gasteiger partial charge on any atom is -0.153 e. The molecule has 0 unspecified atom stereocenters. The van der Waals surface area contributed by atoms with Crippen molar-refractivity contribution in [3.05, 3.63) is 24.3 Å². The Bertz CT molecular complexity index is 103. The normalized spacial score (nSPS) is 20.3. The first-order valence-electron chi connectivity index (χ1n) is 2.31. The number of hydrogen-bond donors (Lipinski definition) is 0. The van der Waals surface area contributed by atoms with E-state index in [4.69, 9.17) is 0 Å².